The molecule has 0 aliphatic rings. The summed E-state index contributed by atoms with van der Waals surface area (Å²) < 4.78 is 4.68. The van der Waals surface area contributed by atoms with Crippen molar-refractivity contribution in [2.75, 3.05) is 20.3 Å². The molecular weight excluding hydrogens is 618 g/mol. The number of nitrogens with two attached hydrogens (primary N) is 2. The predicted molar refractivity (Wildman–Crippen MR) is 180 cm³/mol. The first-order valence-electron chi connectivity index (χ1n) is 14.5. The highest BCUT2D eigenvalue weighted by molar-refractivity contribution is 5.98. The molecular formula is C35H43N5O8. The molecule has 0 heterocycles. The quantitative estimate of drug-likeness (QED) is 0.0762. The highest BCUT2D eigenvalue weighted by Gasteiger charge is 2.35. The van der Waals surface area contributed by atoms with Gasteiger partial charge in [-0.1, -0.05) is 35.8 Å². The molecule has 0 radical (unpaired) electrons. The summed E-state index contributed by atoms with van der Waals surface area (Å²) in [4.78, 5) is 48.0. The topological polar surface area (TPSA) is 226 Å². The van der Waals surface area contributed by atoms with Crippen molar-refractivity contribution in [3.05, 3.63) is 95.1 Å². The second-order valence-electron chi connectivity index (χ2n) is 11.3. The molecule has 0 fully saturated rings. The van der Waals surface area contributed by atoms with Crippen molar-refractivity contribution in [2.24, 2.45) is 11.5 Å². The van der Waals surface area contributed by atoms with Crippen molar-refractivity contribution >= 4 is 23.7 Å². The normalized spacial score (nSPS) is 12.2. The molecule has 0 bridgehead atoms. The second-order valence-corrected chi connectivity index (χ2v) is 11.3. The van der Waals surface area contributed by atoms with Crippen molar-refractivity contribution in [1.29, 1.82) is 0 Å². The van der Waals surface area contributed by atoms with Crippen molar-refractivity contribution in [3.8, 4) is 23.7 Å². The van der Waals surface area contributed by atoms with E-state index in [4.69, 9.17) is 26.9 Å². The molecule has 0 saturated carbocycles. The zero-order chi connectivity index (χ0) is 36.3. The van der Waals surface area contributed by atoms with E-state index in [1.165, 1.54) is 30.8 Å². The molecule has 0 spiro atoms. The maximum absolute atomic E-state index is 12.3. The van der Waals surface area contributed by atoms with Crippen LogP contribution in [0.25, 0.3) is 0 Å². The Balaban J connectivity index is 0.000000480. The number of hydrogen-bond donors (Lipinski definition) is 8. The maximum Gasteiger partial charge on any atom is 0.330 e. The maximum atomic E-state index is 12.3. The van der Waals surface area contributed by atoms with Crippen molar-refractivity contribution in [3.63, 3.8) is 0 Å². The van der Waals surface area contributed by atoms with Crippen molar-refractivity contribution in [1.82, 2.24) is 16.1 Å². The van der Waals surface area contributed by atoms with E-state index in [0.29, 0.717) is 16.7 Å². The number of esters is 1. The third-order valence-electron chi connectivity index (χ3n) is 6.19. The van der Waals surface area contributed by atoms with Gasteiger partial charge in [-0.2, -0.15) is 0 Å². The van der Waals surface area contributed by atoms with Gasteiger partial charge in [0.05, 0.1) is 20.3 Å². The van der Waals surface area contributed by atoms with Crippen LogP contribution in [0.4, 0.5) is 0 Å². The molecule has 48 heavy (non-hydrogen) atoms. The average molecular weight is 662 g/mol. The van der Waals surface area contributed by atoms with E-state index in [-0.39, 0.29) is 13.2 Å². The van der Waals surface area contributed by atoms with Gasteiger partial charge in [0.1, 0.15) is 12.1 Å². The van der Waals surface area contributed by atoms with Crippen LogP contribution in [0.3, 0.4) is 0 Å². The first-order chi connectivity index (χ1) is 22.6. The molecule has 13 heteroatoms. The summed E-state index contributed by atoms with van der Waals surface area (Å²) in [6, 6.07) is 11.0. The van der Waals surface area contributed by atoms with Crippen LogP contribution in [-0.2, 0) is 14.3 Å². The molecule has 0 unspecified atom stereocenters. The number of aliphatic hydroxyl groups is 2. The van der Waals surface area contributed by atoms with Crippen LogP contribution in [0.2, 0.25) is 0 Å². The highest BCUT2D eigenvalue weighted by atomic mass is 16.5. The number of aliphatic hydroxyl groups excluding tert-OH is 2. The molecule has 0 saturated heterocycles. The first-order valence-corrected chi connectivity index (χ1v) is 14.5. The van der Waals surface area contributed by atoms with Crippen LogP contribution in [0.1, 0.15) is 59.5 Å². The number of allylic oxidation sites excluding steroid dienone is 2. The summed E-state index contributed by atoms with van der Waals surface area (Å²) in [6.45, 7) is 6.25. The lowest BCUT2D eigenvalue weighted by Crippen LogP contribution is -2.61. The Morgan fingerprint density at radius 1 is 0.750 bits per heavy atom. The Morgan fingerprint density at radius 3 is 1.44 bits per heavy atom. The van der Waals surface area contributed by atoms with Gasteiger partial charge >= 0.3 is 5.97 Å². The van der Waals surface area contributed by atoms with Crippen LogP contribution in [-0.4, -0.2) is 82.6 Å². The summed E-state index contributed by atoms with van der Waals surface area (Å²) in [5, 5.41) is 31.0. The lowest BCUT2D eigenvalue weighted by atomic mass is 9.95. The number of benzene rings is 2. The summed E-state index contributed by atoms with van der Waals surface area (Å²) in [5.74, 6) is 8.87. The fraction of sp³-hybridized carbons (Fsp3) is 0.314. The van der Waals surface area contributed by atoms with Crippen LogP contribution < -0.4 is 27.6 Å². The Bertz CT molecular complexity index is 1440. The van der Waals surface area contributed by atoms with Gasteiger partial charge in [0.25, 0.3) is 17.7 Å². The predicted octanol–water partition coefficient (Wildman–Crippen LogP) is 0.523. The van der Waals surface area contributed by atoms with Crippen LogP contribution in [0.15, 0.2) is 72.8 Å². The first kappa shape index (κ1) is 40.7. The number of carbonyl (C=O) groups excluding carboxylic acids is 4. The minimum Gasteiger partial charge on any atom is -0.467 e. The molecule has 13 nitrogen and oxygen atoms in total. The second kappa shape index (κ2) is 20.1. The fourth-order valence-corrected chi connectivity index (χ4v) is 3.63. The molecule has 0 aliphatic heterocycles. The van der Waals surface area contributed by atoms with E-state index < -0.39 is 46.9 Å². The smallest absolute Gasteiger partial charge is 0.330 e. The lowest BCUT2D eigenvalue weighted by Gasteiger charge is -2.29. The lowest BCUT2D eigenvalue weighted by molar-refractivity contribution is -0.144. The van der Waals surface area contributed by atoms with Gasteiger partial charge in [-0.15, -0.1) is 0 Å². The zero-order valence-electron chi connectivity index (χ0n) is 27.5. The summed E-state index contributed by atoms with van der Waals surface area (Å²) in [5.41, 5.74) is 13.4. The molecule has 2 aromatic carbocycles. The van der Waals surface area contributed by atoms with E-state index in [9.17, 15) is 19.2 Å². The molecule has 0 aliphatic carbocycles. The molecule has 10 N–H and O–H groups in total. The number of carbonyl (C=O) groups is 4. The van der Waals surface area contributed by atoms with E-state index >= 15 is 0 Å². The number of hydroxylamine groups is 1. The minimum atomic E-state index is -1.10. The summed E-state index contributed by atoms with van der Waals surface area (Å²) >= 11 is 0. The van der Waals surface area contributed by atoms with Gasteiger partial charge in [-0.3, -0.25) is 19.6 Å². The summed E-state index contributed by atoms with van der Waals surface area (Å²) in [6.07, 6.45) is 6.11. The Hall–Kier alpha value is -5.28. The molecule has 0 aromatic heterocycles. The zero-order valence-corrected chi connectivity index (χ0v) is 27.5. The van der Waals surface area contributed by atoms with Gasteiger partial charge in [-0.25, -0.2) is 10.3 Å². The van der Waals surface area contributed by atoms with Crippen molar-refractivity contribution in [2.45, 2.75) is 50.9 Å². The van der Waals surface area contributed by atoms with Crippen molar-refractivity contribution < 1.29 is 39.3 Å². The largest absolute Gasteiger partial charge is 0.467 e. The Labute approximate surface area is 280 Å². The van der Waals surface area contributed by atoms with Crippen LogP contribution in [0.5, 0.6) is 0 Å². The number of methoxy groups -OCH3 is 1. The Kier molecular flexibility index (Phi) is 17.0. The number of amides is 3. The van der Waals surface area contributed by atoms with Crippen LogP contribution >= 0.6 is 0 Å². The fourth-order valence-electron chi connectivity index (χ4n) is 3.63. The van der Waals surface area contributed by atoms with Gasteiger partial charge in [0.2, 0.25) is 0 Å². The van der Waals surface area contributed by atoms with Gasteiger partial charge in [0, 0.05) is 33.3 Å². The number of rotatable bonds is 10. The Morgan fingerprint density at radius 2 is 1.12 bits per heavy atom. The molecule has 2 aromatic rings. The van der Waals surface area contributed by atoms with Crippen LogP contribution in [0, 0.1) is 23.7 Å². The standard InChI is InChI=1S/C18H22N2O4.C17H21N3O4/c1-18(2,19)15(17(23)24-3)20-16(22)14-10-8-13(9-11-14)7-5-4-6-12-21;1-17(2,18)14(16(23)20-24)19-15(22)13-9-7-12(8-10-13)6-4-3-5-11-21/h4,6,8-11,15,21H,12,19H2,1-3H3,(H,20,22);3,5,7-10,14,21,24H,11,18H2,1-2H3,(H,19,22)(H,20,23)/b6-4+;5-3+/t15-;14-/m11/s1. The van der Waals surface area contributed by atoms with E-state index in [1.807, 2.05) is 0 Å². The van der Waals surface area contributed by atoms with E-state index in [2.05, 4.69) is 39.1 Å². The van der Waals surface area contributed by atoms with Gasteiger partial charge in [0.15, 0.2) is 0 Å². The summed E-state index contributed by atoms with van der Waals surface area (Å²) in [7, 11) is 1.24. The SMILES string of the molecule is CC(C)(N)[C@H](NC(=O)c1ccc(C#C/C=C/CO)cc1)C(=O)NO.COC(=O)[C@@H](NC(=O)c1ccc(C#C/C=C/CO)cc1)C(C)(C)N. The third kappa shape index (κ3) is 14.4. The number of nitrogens with one attached hydrogen (secondary N) is 3. The van der Waals surface area contributed by atoms with E-state index in [1.54, 1.807) is 82.3 Å². The molecule has 2 rings (SSSR count). The average Bonchev–Trinajstić information content (AvgIpc) is 3.05. The molecule has 2 atom stereocenters. The van der Waals surface area contributed by atoms with E-state index in [0.717, 1.165) is 5.56 Å². The van der Waals surface area contributed by atoms with Gasteiger partial charge < -0.3 is 37.1 Å². The number of ether oxygens (including phenoxy) is 1. The number of hydrogen-bond acceptors (Lipinski definition) is 10. The molecule has 3 amide bonds. The highest BCUT2D eigenvalue weighted by Crippen LogP contribution is 2.11. The monoisotopic (exact) mass is 661 g/mol. The minimum absolute atomic E-state index is 0.0629. The third-order valence-corrected chi connectivity index (χ3v) is 6.19. The molecule has 256 valence electrons. The van der Waals surface area contributed by atoms with Gasteiger partial charge in [-0.05, 0) is 88.4 Å².